The second-order valence-corrected chi connectivity index (χ2v) is 10.4. The van der Waals surface area contributed by atoms with Gasteiger partial charge < -0.3 is 20.1 Å². The molecular weight excluding hydrogens is 579 g/mol. The number of aromatic nitrogens is 1. The lowest BCUT2D eigenvalue weighted by Crippen LogP contribution is -2.14. The van der Waals surface area contributed by atoms with Gasteiger partial charge in [-0.15, -0.1) is 6.58 Å². The van der Waals surface area contributed by atoms with Crippen LogP contribution in [0.25, 0.3) is 22.4 Å². The number of carboxylic acid groups (broad SMARTS) is 1. The first-order chi connectivity index (χ1) is 22.0. The number of hydrogen-bond acceptors (Lipinski definition) is 3. The minimum absolute atomic E-state index is 0.0654. The number of allylic oxidation sites excluding steroid dienone is 2. The maximum Gasteiger partial charge on any atom is 0.303 e. The number of amides is 1. The van der Waals surface area contributed by atoms with Crippen LogP contribution in [0, 0.1) is 12.7 Å². The third-order valence-electron chi connectivity index (χ3n) is 6.49. The highest BCUT2D eigenvalue weighted by Crippen LogP contribution is 2.41. The summed E-state index contributed by atoms with van der Waals surface area (Å²) in [7, 11) is 0. The number of nitrogens with zero attached hydrogens (tertiary/aromatic N) is 1. The number of nitrogens with one attached hydrogen (secondary N) is 1. The number of hydrogen-bond donors (Lipinski definition) is 3. The zero-order valence-electron chi connectivity index (χ0n) is 29.7. The largest absolute Gasteiger partial charge is 0.481 e. The van der Waals surface area contributed by atoms with E-state index in [1.807, 2.05) is 52.0 Å². The zero-order valence-corrected chi connectivity index (χ0v) is 29.7. The minimum atomic E-state index is -0.841. The Bertz CT molecular complexity index is 1270. The molecule has 1 aromatic heterocycles. The molecular formula is C39H59FN2O4. The molecule has 1 unspecified atom stereocenters. The lowest BCUT2D eigenvalue weighted by Gasteiger charge is -2.19. The molecule has 0 saturated heterocycles. The van der Waals surface area contributed by atoms with Crippen molar-refractivity contribution in [2.75, 3.05) is 0 Å². The molecule has 1 atom stereocenters. The van der Waals surface area contributed by atoms with Crippen LogP contribution in [-0.4, -0.2) is 33.3 Å². The molecule has 3 rings (SSSR count). The summed E-state index contributed by atoms with van der Waals surface area (Å²) in [5, 5.41) is 21.7. The molecule has 0 spiro atoms. The van der Waals surface area contributed by atoms with E-state index in [0.717, 1.165) is 28.8 Å². The predicted octanol–water partition coefficient (Wildman–Crippen LogP) is 10.3. The molecule has 6 nitrogen and oxygen atoms in total. The number of benzene rings is 2. The van der Waals surface area contributed by atoms with Crippen LogP contribution in [0.5, 0.6) is 0 Å². The molecule has 0 aliphatic heterocycles. The smallest absolute Gasteiger partial charge is 0.303 e. The first-order valence-electron chi connectivity index (χ1n) is 16.4. The van der Waals surface area contributed by atoms with Crippen LogP contribution in [-0.2, 0) is 16.1 Å². The Morgan fingerprint density at radius 3 is 1.96 bits per heavy atom. The van der Waals surface area contributed by atoms with Crippen molar-refractivity contribution >= 4 is 12.4 Å². The fourth-order valence-corrected chi connectivity index (χ4v) is 4.62. The molecule has 46 heavy (non-hydrogen) atoms. The summed E-state index contributed by atoms with van der Waals surface area (Å²) in [6.07, 6.45) is 4.49. The van der Waals surface area contributed by atoms with Gasteiger partial charge >= 0.3 is 5.97 Å². The van der Waals surface area contributed by atoms with E-state index in [2.05, 4.69) is 62.9 Å². The maximum atomic E-state index is 13.7. The summed E-state index contributed by atoms with van der Waals surface area (Å²) in [4.78, 5) is 20.2. The van der Waals surface area contributed by atoms with Gasteiger partial charge in [-0.2, -0.15) is 0 Å². The third kappa shape index (κ3) is 16.4. The first-order valence-corrected chi connectivity index (χ1v) is 16.4. The fourth-order valence-electron chi connectivity index (χ4n) is 4.62. The average molecular weight is 639 g/mol. The standard InChI is InChI=1S/C27H32FNO3.C4H7NO.C4H8.2C2H6/c1-18(2)26-19(3)25(20-8-5-4-6-9-20)27(21-12-14-22(28)15-13-21)29(26)17-16-23(30)10-7-11-24(31)32;1-4(2)5-3-6;1-3-4-2;2*1-2/h4-6,8-9,12-15,18,23,30H,7,10-11,16-17H2,1-3H3,(H,31,32);3H,1H2,2H3,(H,5,6);3H,1,4H2,2H3;2*1-2H3. The van der Waals surface area contributed by atoms with Gasteiger partial charge in [-0.1, -0.05) is 91.5 Å². The second-order valence-electron chi connectivity index (χ2n) is 10.4. The Morgan fingerprint density at radius 2 is 1.54 bits per heavy atom. The quantitative estimate of drug-likeness (QED) is 0.128. The lowest BCUT2D eigenvalue weighted by atomic mass is 9.96. The van der Waals surface area contributed by atoms with Crippen LogP contribution < -0.4 is 5.32 Å². The van der Waals surface area contributed by atoms with Crippen LogP contribution in [0.3, 0.4) is 0 Å². The number of carboxylic acids is 1. The van der Waals surface area contributed by atoms with Gasteiger partial charge in [0.15, 0.2) is 0 Å². The molecule has 0 aliphatic rings. The van der Waals surface area contributed by atoms with E-state index in [1.54, 1.807) is 19.1 Å². The van der Waals surface area contributed by atoms with Crippen molar-refractivity contribution in [1.82, 2.24) is 9.88 Å². The summed E-state index contributed by atoms with van der Waals surface area (Å²) in [6, 6.07) is 16.8. The van der Waals surface area contributed by atoms with Gasteiger partial charge in [-0.05, 0) is 86.4 Å². The van der Waals surface area contributed by atoms with Gasteiger partial charge in [0, 0.05) is 29.9 Å². The number of aliphatic hydroxyl groups excluding tert-OH is 1. The van der Waals surface area contributed by atoms with E-state index in [0.29, 0.717) is 37.9 Å². The van der Waals surface area contributed by atoms with Crippen molar-refractivity contribution in [2.24, 2.45) is 0 Å². The molecule has 1 heterocycles. The number of carbonyl (C=O) groups excluding carboxylic acids is 1. The predicted molar refractivity (Wildman–Crippen MR) is 193 cm³/mol. The van der Waals surface area contributed by atoms with E-state index in [-0.39, 0.29) is 18.2 Å². The highest BCUT2D eigenvalue weighted by atomic mass is 19.1. The van der Waals surface area contributed by atoms with Gasteiger partial charge in [-0.3, -0.25) is 9.59 Å². The maximum absolute atomic E-state index is 13.7. The van der Waals surface area contributed by atoms with E-state index >= 15 is 0 Å². The van der Waals surface area contributed by atoms with Crippen molar-refractivity contribution in [3.63, 3.8) is 0 Å². The third-order valence-corrected chi connectivity index (χ3v) is 6.49. The number of aliphatic hydroxyl groups is 1. The van der Waals surface area contributed by atoms with Crippen molar-refractivity contribution in [1.29, 1.82) is 0 Å². The van der Waals surface area contributed by atoms with E-state index in [4.69, 9.17) is 5.11 Å². The molecule has 3 N–H and O–H groups in total. The zero-order chi connectivity index (χ0) is 35.7. The van der Waals surface area contributed by atoms with Gasteiger partial charge in [0.1, 0.15) is 5.82 Å². The van der Waals surface area contributed by atoms with Crippen molar-refractivity contribution in [2.45, 2.75) is 113 Å². The number of halogens is 1. The molecule has 0 saturated carbocycles. The lowest BCUT2D eigenvalue weighted by molar-refractivity contribution is -0.137. The fraction of sp³-hybridized carbons (Fsp3) is 0.436. The Balaban J connectivity index is 0. The van der Waals surface area contributed by atoms with Crippen LogP contribution in [0.1, 0.15) is 105 Å². The average Bonchev–Trinajstić information content (AvgIpc) is 3.34. The van der Waals surface area contributed by atoms with Crippen LogP contribution in [0.4, 0.5) is 4.39 Å². The molecule has 7 heteroatoms. The summed E-state index contributed by atoms with van der Waals surface area (Å²) in [6.45, 7) is 25.7. The highest BCUT2D eigenvalue weighted by molar-refractivity contribution is 5.85. The summed E-state index contributed by atoms with van der Waals surface area (Å²) < 4.78 is 15.9. The summed E-state index contributed by atoms with van der Waals surface area (Å²) in [5.41, 5.74) is 7.24. The Labute approximate surface area is 278 Å². The number of aliphatic carboxylic acids is 1. The summed E-state index contributed by atoms with van der Waals surface area (Å²) >= 11 is 0. The molecule has 0 bridgehead atoms. The van der Waals surface area contributed by atoms with E-state index in [1.165, 1.54) is 23.4 Å². The SMILES string of the molecule is C=C(C)NC=O.C=CCC.CC.CC.Cc1c(-c2ccccc2)c(-c2ccc(F)cc2)n(CCC(O)CCCC(=O)O)c1C(C)C. The molecule has 2 aromatic carbocycles. The van der Waals surface area contributed by atoms with Gasteiger partial charge in [-0.25, -0.2) is 4.39 Å². The van der Waals surface area contributed by atoms with Crippen LogP contribution in [0.15, 0.2) is 79.5 Å². The Kier molecular flexibility index (Phi) is 25.2. The number of carbonyl (C=O) groups is 2. The first kappa shape index (κ1) is 44.2. The Morgan fingerprint density at radius 1 is 1.00 bits per heavy atom. The molecule has 0 fully saturated rings. The van der Waals surface area contributed by atoms with Crippen LogP contribution >= 0.6 is 0 Å². The van der Waals surface area contributed by atoms with Crippen molar-refractivity contribution in [3.8, 4) is 22.4 Å². The van der Waals surface area contributed by atoms with Crippen molar-refractivity contribution < 1.29 is 24.2 Å². The normalized spacial score (nSPS) is 10.3. The van der Waals surface area contributed by atoms with Gasteiger partial charge in [0.25, 0.3) is 0 Å². The summed E-state index contributed by atoms with van der Waals surface area (Å²) in [5.74, 6) is -0.856. The van der Waals surface area contributed by atoms with Crippen molar-refractivity contribution in [3.05, 3.63) is 96.6 Å². The van der Waals surface area contributed by atoms with E-state index < -0.39 is 12.1 Å². The minimum Gasteiger partial charge on any atom is -0.481 e. The van der Waals surface area contributed by atoms with Gasteiger partial charge in [0.2, 0.25) is 6.41 Å². The molecule has 1 amide bonds. The topological polar surface area (TPSA) is 91.6 Å². The molecule has 256 valence electrons. The number of rotatable bonds is 13. The monoisotopic (exact) mass is 638 g/mol. The van der Waals surface area contributed by atoms with Crippen LogP contribution in [0.2, 0.25) is 0 Å². The molecule has 3 aromatic rings. The molecule has 0 radical (unpaired) electrons. The van der Waals surface area contributed by atoms with E-state index in [9.17, 15) is 19.1 Å². The van der Waals surface area contributed by atoms with Gasteiger partial charge in [0.05, 0.1) is 11.8 Å². The second kappa shape index (κ2) is 26.3. The highest BCUT2D eigenvalue weighted by Gasteiger charge is 2.24. The molecule has 0 aliphatic carbocycles. The Hall–Kier alpha value is -3.97.